The van der Waals surface area contributed by atoms with E-state index in [0.717, 1.165) is 11.1 Å². The molecule has 0 fully saturated rings. The fourth-order valence-corrected chi connectivity index (χ4v) is 2.85. The fraction of sp³-hybridized carbons (Fsp3) is 0.333. The molecule has 1 amide bonds. The monoisotopic (exact) mass is 405 g/mol. The number of halogens is 1. The summed E-state index contributed by atoms with van der Waals surface area (Å²) in [6.07, 6.45) is -0.420. The van der Waals surface area contributed by atoms with E-state index in [4.69, 9.17) is 25.8 Å². The highest BCUT2D eigenvalue weighted by molar-refractivity contribution is 6.31. The topological polar surface area (TPSA) is 73.9 Å². The molecule has 0 aliphatic heterocycles. The van der Waals surface area contributed by atoms with Crippen molar-refractivity contribution in [1.29, 1.82) is 0 Å². The van der Waals surface area contributed by atoms with Gasteiger partial charge in [0, 0.05) is 17.1 Å². The van der Waals surface area contributed by atoms with Gasteiger partial charge in [-0.3, -0.25) is 9.59 Å². The van der Waals surface area contributed by atoms with E-state index >= 15 is 0 Å². The van der Waals surface area contributed by atoms with Crippen LogP contribution in [0.5, 0.6) is 11.5 Å². The third kappa shape index (κ3) is 5.39. The fourth-order valence-electron chi connectivity index (χ4n) is 2.67. The zero-order valence-corrected chi connectivity index (χ0v) is 17.1. The van der Waals surface area contributed by atoms with Gasteiger partial charge >= 0.3 is 5.97 Å². The Kier molecular flexibility index (Phi) is 7.70. The number of hydrogen-bond acceptors (Lipinski definition) is 5. The van der Waals surface area contributed by atoms with Crippen LogP contribution in [0.3, 0.4) is 0 Å². The zero-order chi connectivity index (χ0) is 20.7. The molecule has 7 heteroatoms. The lowest BCUT2D eigenvalue weighted by Crippen LogP contribution is -2.30. The summed E-state index contributed by atoms with van der Waals surface area (Å²) in [5.41, 5.74) is 2.16. The van der Waals surface area contributed by atoms with Crippen LogP contribution in [-0.2, 0) is 20.7 Å². The number of esters is 1. The lowest BCUT2D eigenvalue weighted by Gasteiger charge is -2.16. The van der Waals surface area contributed by atoms with Gasteiger partial charge in [-0.25, -0.2) is 0 Å². The smallest absolute Gasteiger partial charge is 0.306 e. The number of anilines is 1. The largest absolute Gasteiger partial charge is 0.493 e. The van der Waals surface area contributed by atoms with Gasteiger partial charge in [0.25, 0.3) is 5.91 Å². The van der Waals surface area contributed by atoms with E-state index in [0.29, 0.717) is 28.6 Å². The summed E-state index contributed by atoms with van der Waals surface area (Å²) in [7, 11) is 3.10. The predicted molar refractivity (Wildman–Crippen MR) is 108 cm³/mol. The molecule has 0 aliphatic carbocycles. The number of rotatable bonds is 8. The van der Waals surface area contributed by atoms with Crippen LogP contribution in [0.25, 0.3) is 0 Å². The van der Waals surface area contributed by atoms with Gasteiger partial charge in [0.2, 0.25) is 0 Å². The molecule has 0 aliphatic rings. The van der Waals surface area contributed by atoms with Gasteiger partial charge in [-0.2, -0.15) is 0 Å². The highest BCUT2D eigenvalue weighted by Gasteiger charge is 2.19. The minimum Gasteiger partial charge on any atom is -0.493 e. The zero-order valence-electron chi connectivity index (χ0n) is 16.4. The molecule has 0 saturated heterocycles. The quantitative estimate of drug-likeness (QED) is 0.667. The number of benzene rings is 2. The second-order valence-corrected chi connectivity index (χ2v) is 6.59. The Morgan fingerprint density at radius 1 is 1.11 bits per heavy atom. The first-order chi connectivity index (χ1) is 13.4. The molecule has 0 radical (unpaired) electrons. The minimum absolute atomic E-state index is 0.108. The number of carbonyl (C=O) groups excluding carboxylic acids is 2. The first-order valence-electron chi connectivity index (χ1n) is 8.82. The molecule has 1 N–H and O–H groups in total. The predicted octanol–water partition coefficient (Wildman–Crippen LogP) is 4.17. The van der Waals surface area contributed by atoms with E-state index in [-0.39, 0.29) is 6.42 Å². The summed E-state index contributed by atoms with van der Waals surface area (Å²) < 4.78 is 15.9. The van der Waals surface area contributed by atoms with Crippen LogP contribution in [0.1, 0.15) is 24.5 Å². The first-order valence-corrected chi connectivity index (χ1v) is 9.20. The molecule has 0 unspecified atom stereocenters. The molecule has 0 aromatic heterocycles. The molecule has 0 heterocycles. The summed E-state index contributed by atoms with van der Waals surface area (Å²) >= 11 is 6.05. The lowest BCUT2D eigenvalue weighted by atomic mass is 10.1. The van der Waals surface area contributed by atoms with Crippen LogP contribution in [0.4, 0.5) is 5.69 Å². The summed E-state index contributed by atoms with van der Waals surface area (Å²) in [6, 6.07) is 10.7. The van der Waals surface area contributed by atoms with Gasteiger partial charge in [-0.1, -0.05) is 29.8 Å². The highest BCUT2D eigenvalue weighted by atomic mass is 35.5. The van der Waals surface area contributed by atoms with Crippen molar-refractivity contribution in [2.24, 2.45) is 0 Å². The van der Waals surface area contributed by atoms with E-state index in [9.17, 15) is 9.59 Å². The SMILES string of the molecule is COc1cccc(CCC(=O)O[C@@H](C)C(=O)Nc2cccc(Cl)c2C)c1OC. The molecule has 0 saturated carbocycles. The van der Waals surface area contributed by atoms with E-state index in [1.54, 1.807) is 45.4 Å². The number of aryl methyl sites for hydroxylation is 1. The van der Waals surface area contributed by atoms with Gasteiger partial charge in [0.05, 0.1) is 14.2 Å². The normalized spacial score (nSPS) is 11.5. The van der Waals surface area contributed by atoms with Crippen molar-refractivity contribution in [3.8, 4) is 11.5 Å². The van der Waals surface area contributed by atoms with Crippen molar-refractivity contribution >= 4 is 29.2 Å². The van der Waals surface area contributed by atoms with Gasteiger partial charge in [-0.15, -0.1) is 0 Å². The van der Waals surface area contributed by atoms with Gasteiger partial charge < -0.3 is 19.5 Å². The number of nitrogens with one attached hydrogen (secondary N) is 1. The second-order valence-electron chi connectivity index (χ2n) is 6.19. The van der Waals surface area contributed by atoms with Crippen LogP contribution in [0, 0.1) is 6.92 Å². The average molecular weight is 406 g/mol. The summed E-state index contributed by atoms with van der Waals surface area (Å²) in [5.74, 6) is 0.283. The number of para-hydroxylation sites is 1. The van der Waals surface area contributed by atoms with Crippen LogP contribution in [-0.4, -0.2) is 32.2 Å². The molecule has 6 nitrogen and oxygen atoms in total. The Balaban J connectivity index is 1.92. The maximum atomic E-state index is 12.3. The maximum Gasteiger partial charge on any atom is 0.306 e. The lowest BCUT2D eigenvalue weighted by molar-refractivity contribution is -0.153. The van der Waals surface area contributed by atoms with Gasteiger partial charge in [0.1, 0.15) is 0 Å². The minimum atomic E-state index is -0.932. The third-order valence-electron chi connectivity index (χ3n) is 4.29. The number of hydrogen-bond donors (Lipinski definition) is 1. The standard InChI is InChI=1S/C21H24ClNO5/c1-13-16(22)8-6-9-17(13)23-21(25)14(2)28-19(24)12-11-15-7-5-10-18(26-3)20(15)27-4/h5-10,14H,11-12H2,1-4H3,(H,23,25)/t14-/m0/s1. The van der Waals surface area contributed by atoms with Crippen LogP contribution < -0.4 is 14.8 Å². The molecular weight excluding hydrogens is 382 g/mol. The number of amides is 1. The Hall–Kier alpha value is -2.73. The number of carbonyl (C=O) groups is 2. The van der Waals surface area contributed by atoms with Crippen LogP contribution in [0.2, 0.25) is 5.02 Å². The van der Waals surface area contributed by atoms with Crippen molar-refractivity contribution in [2.75, 3.05) is 19.5 Å². The third-order valence-corrected chi connectivity index (χ3v) is 4.70. The second kappa shape index (κ2) is 9.99. The molecule has 0 spiro atoms. The van der Waals surface area contributed by atoms with E-state index in [1.807, 2.05) is 12.1 Å². The first kappa shape index (κ1) is 21.6. The molecular formula is C21H24ClNO5. The number of methoxy groups -OCH3 is 2. The Morgan fingerprint density at radius 2 is 1.82 bits per heavy atom. The van der Waals surface area contributed by atoms with E-state index in [1.165, 1.54) is 6.92 Å². The van der Waals surface area contributed by atoms with Crippen molar-refractivity contribution in [2.45, 2.75) is 32.8 Å². The van der Waals surface area contributed by atoms with Crippen molar-refractivity contribution < 1.29 is 23.8 Å². The van der Waals surface area contributed by atoms with E-state index < -0.39 is 18.0 Å². The van der Waals surface area contributed by atoms with Gasteiger partial charge in [-0.05, 0) is 49.6 Å². The van der Waals surface area contributed by atoms with Crippen molar-refractivity contribution in [3.63, 3.8) is 0 Å². The average Bonchev–Trinajstić information content (AvgIpc) is 2.69. The highest BCUT2D eigenvalue weighted by Crippen LogP contribution is 2.31. The molecule has 2 aromatic rings. The Morgan fingerprint density at radius 3 is 2.50 bits per heavy atom. The van der Waals surface area contributed by atoms with E-state index in [2.05, 4.69) is 5.32 Å². The van der Waals surface area contributed by atoms with Crippen LogP contribution >= 0.6 is 11.6 Å². The van der Waals surface area contributed by atoms with Crippen molar-refractivity contribution in [1.82, 2.24) is 0 Å². The van der Waals surface area contributed by atoms with Gasteiger partial charge in [0.15, 0.2) is 17.6 Å². The van der Waals surface area contributed by atoms with Crippen molar-refractivity contribution in [3.05, 3.63) is 52.5 Å². The number of ether oxygens (including phenoxy) is 3. The molecule has 2 rings (SSSR count). The summed E-state index contributed by atoms with van der Waals surface area (Å²) in [6.45, 7) is 3.33. The summed E-state index contributed by atoms with van der Waals surface area (Å²) in [5, 5.41) is 3.28. The Labute approximate surface area is 169 Å². The molecule has 1 atom stereocenters. The molecule has 150 valence electrons. The Bertz CT molecular complexity index is 853. The maximum absolute atomic E-state index is 12.3. The molecule has 28 heavy (non-hydrogen) atoms. The molecule has 0 bridgehead atoms. The molecule has 2 aromatic carbocycles. The van der Waals surface area contributed by atoms with Crippen LogP contribution in [0.15, 0.2) is 36.4 Å². The summed E-state index contributed by atoms with van der Waals surface area (Å²) in [4.78, 5) is 24.5.